The second-order valence-electron chi connectivity index (χ2n) is 2.96. The SMILES string of the molecule is [CH2]CC(C)(C)N(C)C.[GeH4]. The molecule has 0 atom stereocenters. The molecule has 1 radical (unpaired) electrons. The quantitative estimate of drug-likeness (QED) is 0.559. The van der Waals surface area contributed by atoms with Gasteiger partial charge in [0.25, 0.3) is 0 Å². The maximum absolute atomic E-state index is 3.84. The van der Waals surface area contributed by atoms with Crippen molar-refractivity contribution in [3.8, 4) is 0 Å². The summed E-state index contributed by atoms with van der Waals surface area (Å²) in [4.78, 5) is 2.18. The minimum atomic E-state index is 0. The van der Waals surface area contributed by atoms with Crippen molar-refractivity contribution in [2.24, 2.45) is 0 Å². The van der Waals surface area contributed by atoms with Crippen molar-refractivity contribution in [3.05, 3.63) is 6.92 Å². The molecule has 57 valence electrons. The fourth-order valence-electron chi connectivity index (χ4n) is 0.224. The summed E-state index contributed by atoms with van der Waals surface area (Å²) >= 11 is 0. The van der Waals surface area contributed by atoms with Gasteiger partial charge in [0.15, 0.2) is 0 Å². The molecule has 0 aliphatic rings. The van der Waals surface area contributed by atoms with Crippen LogP contribution in [-0.4, -0.2) is 42.1 Å². The van der Waals surface area contributed by atoms with Crippen molar-refractivity contribution >= 4 is 17.6 Å². The molecule has 0 spiro atoms. The van der Waals surface area contributed by atoms with Gasteiger partial charge in [0, 0.05) is 5.54 Å². The first-order chi connectivity index (χ1) is 3.50. The van der Waals surface area contributed by atoms with Gasteiger partial charge in [-0.05, 0) is 34.4 Å². The molecule has 0 fully saturated rings. The van der Waals surface area contributed by atoms with Gasteiger partial charge in [-0.1, -0.05) is 6.92 Å². The van der Waals surface area contributed by atoms with Gasteiger partial charge in [0.2, 0.25) is 0 Å². The fourth-order valence-corrected chi connectivity index (χ4v) is 0.224. The molecule has 0 heterocycles. The summed E-state index contributed by atoms with van der Waals surface area (Å²) in [6.45, 7) is 8.20. The summed E-state index contributed by atoms with van der Waals surface area (Å²) < 4.78 is 0. The van der Waals surface area contributed by atoms with Crippen LogP contribution in [0.25, 0.3) is 0 Å². The number of hydrogen-bond acceptors (Lipinski definition) is 1. The zero-order valence-corrected chi connectivity index (χ0v) is 6.36. The van der Waals surface area contributed by atoms with Crippen molar-refractivity contribution in [3.63, 3.8) is 0 Å². The number of hydrogen-bond donors (Lipinski definition) is 0. The summed E-state index contributed by atoms with van der Waals surface area (Å²) in [6.07, 6.45) is 0.958. The standard InChI is InChI=1S/C7H16N.GeH4/c1-6-7(2,3)8(4)5;/h1,6H2,2-5H3;1H4. The van der Waals surface area contributed by atoms with Crippen molar-refractivity contribution in [2.45, 2.75) is 25.8 Å². The molecule has 0 aromatic heterocycles. The van der Waals surface area contributed by atoms with E-state index >= 15 is 0 Å². The van der Waals surface area contributed by atoms with E-state index in [4.69, 9.17) is 0 Å². The van der Waals surface area contributed by atoms with E-state index in [-0.39, 0.29) is 23.1 Å². The van der Waals surface area contributed by atoms with Crippen molar-refractivity contribution in [1.82, 2.24) is 4.90 Å². The number of rotatable bonds is 2. The third kappa shape index (κ3) is 3.98. The fraction of sp³-hybridized carbons (Fsp3) is 0.857. The van der Waals surface area contributed by atoms with Crippen LogP contribution in [-0.2, 0) is 0 Å². The monoisotopic (exact) mass is 192 g/mol. The molecule has 0 bridgehead atoms. The van der Waals surface area contributed by atoms with Gasteiger partial charge in [-0.2, -0.15) is 0 Å². The summed E-state index contributed by atoms with van der Waals surface area (Å²) in [7, 11) is 4.15. The summed E-state index contributed by atoms with van der Waals surface area (Å²) in [5.41, 5.74) is 0.264. The van der Waals surface area contributed by atoms with Crippen LogP contribution in [0.3, 0.4) is 0 Å². The number of nitrogens with zero attached hydrogens (tertiary/aromatic N) is 1. The second-order valence-corrected chi connectivity index (χ2v) is 2.96. The average molecular weight is 191 g/mol. The summed E-state index contributed by atoms with van der Waals surface area (Å²) in [6, 6.07) is 0. The third-order valence-corrected chi connectivity index (χ3v) is 1.82. The van der Waals surface area contributed by atoms with E-state index in [0.29, 0.717) is 0 Å². The first kappa shape index (κ1) is 12.2. The van der Waals surface area contributed by atoms with Crippen LogP contribution < -0.4 is 0 Å². The molecule has 1 nitrogen and oxygen atoms in total. The first-order valence-electron chi connectivity index (χ1n) is 2.97. The van der Waals surface area contributed by atoms with Gasteiger partial charge in [0.05, 0.1) is 0 Å². The Morgan fingerprint density at radius 3 is 1.67 bits per heavy atom. The molecule has 0 saturated heterocycles. The average Bonchev–Trinajstić information content (AvgIpc) is 1.67. The van der Waals surface area contributed by atoms with E-state index in [1.807, 2.05) is 0 Å². The Labute approximate surface area is 69.8 Å². The van der Waals surface area contributed by atoms with E-state index in [9.17, 15) is 0 Å². The molecule has 0 aliphatic heterocycles. The Balaban J connectivity index is 0. The minimum absolute atomic E-state index is 0. The zero-order valence-electron chi connectivity index (χ0n) is 6.36. The van der Waals surface area contributed by atoms with Gasteiger partial charge in [-0.25, -0.2) is 0 Å². The predicted octanol–water partition coefficient (Wildman–Crippen LogP) is 0.0992. The molecule has 0 amide bonds. The van der Waals surface area contributed by atoms with Gasteiger partial charge in [0.1, 0.15) is 0 Å². The molecule has 0 N–H and O–H groups in total. The summed E-state index contributed by atoms with van der Waals surface area (Å²) in [5.74, 6) is 0. The van der Waals surface area contributed by atoms with Crippen molar-refractivity contribution in [2.75, 3.05) is 14.1 Å². The first-order valence-corrected chi connectivity index (χ1v) is 2.97. The van der Waals surface area contributed by atoms with Crippen LogP contribution >= 0.6 is 0 Å². The van der Waals surface area contributed by atoms with Gasteiger partial charge in [-0.15, -0.1) is 0 Å². The molecule has 9 heavy (non-hydrogen) atoms. The molecule has 0 aliphatic carbocycles. The van der Waals surface area contributed by atoms with E-state index < -0.39 is 0 Å². The molecule has 0 aromatic carbocycles. The Morgan fingerprint density at radius 2 is 1.67 bits per heavy atom. The van der Waals surface area contributed by atoms with Crippen LogP contribution in [0, 0.1) is 6.92 Å². The Bertz CT molecular complexity index is 69.3. The van der Waals surface area contributed by atoms with E-state index in [0.717, 1.165) is 6.42 Å². The van der Waals surface area contributed by atoms with E-state index in [1.54, 1.807) is 0 Å². The van der Waals surface area contributed by atoms with Gasteiger partial charge in [-0.3, -0.25) is 0 Å². The normalized spacial score (nSPS) is 11.3. The molecule has 0 unspecified atom stereocenters. The van der Waals surface area contributed by atoms with Gasteiger partial charge >= 0.3 is 17.6 Å². The van der Waals surface area contributed by atoms with Crippen LogP contribution in [0.4, 0.5) is 0 Å². The molecule has 0 rings (SSSR count). The van der Waals surface area contributed by atoms with Crippen LogP contribution in [0.2, 0.25) is 0 Å². The predicted molar refractivity (Wildman–Crippen MR) is 49.1 cm³/mol. The van der Waals surface area contributed by atoms with E-state index in [1.165, 1.54) is 0 Å². The Morgan fingerprint density at radius 1 is 1.33 bits per heavy atom. The Kier molecular flexibility index (Phi) is 5.88. The summed E-state index contributed by atoms with van der Waals surface area (Å²) in [5, 5.41) is 0. The topological polar surface area (TPSA) is 3.24 Å². The van der Waals surface area contributed by atoms with Crippen molar-refractivity contribution in [1.29, 1.82) is 0 Å². The molecule has 0 aromatic rings. The van der Waals surface area contributed by atoms with Crippen LogP contribution in [0.5, 0.6) is 0 Å². The Hall–Kier alpha value is 0.503. The molecule has 0 saturated carbocycles. The zero-order chi connectivity index (χ0) is 6.78. The van der Waals surface area contributed by atoms with Crippen LogP contribution in [0.1, 0.15) is 20.3 Å². The molecule has 2 heteroatoms. The van der Waals surface area contributed by atoms with Gasteiger partial charge < -0.3 is 4.90 Å². The maximum atomic E-state index is 3.84. The molecular formula is C7H20GeN. The van der Waals surface area contributed by atoms with Crippen LogP contribution in [0.15, 0.2) is 0 Å². The molecular weight excluding hydrogens is 171 g/mol. The third-order valence-electron chi connectivity index (χ3n) is 1.82. The van der Waals surface area contributed by atoms with Crippen molar-refractivity contribution < 1.29 is 0 Å². The van der Waals surface area contributed by atoms with E-state index in [2.05, 4.69) is 39.8 Å². The second kappa shape index (κ2) is 4.34.